The number of hydrogen-bond acceptors (Lipinski definition) is 1. The second-order valence-corrected chi connectivity index (χ2v) is 3.14. The van der Waals surface area contributed by atoms with Gasteiger partial charge in [-0.2, -0.15) is 5.10 Å². The van der Waals surface area contributed by atoms with Gasteiger partial charge in [0.2, 0.25) is 0 Å². The zero-order valence-corrected chi connectivity index (χ0v) is 7.54. The molecular weight excluding hydrogens is 172 g/mol. The summed E-state index contributed by atoms with van der Waals surface area (Å²) in [5.41, 5.74) is 2.40. The summed E-state index contributed by atoms with van der Waals surface area (Å²) in [6.45, 7) is 2.12. The monoisotopic (exact) mass is 180 g/mol. The van der Waals surface area contributed by atoms with E-state index in [0.717, 1.165) is 11.9 Å². The van der Waals surface area contributed by atoms with Crippen molar-refractivity contribution < 1.29 is 0 Å². The third-order valence-corrected chi connectivity index (χ3v) is 2.16. The van der Waals surface area contributed by atoms with Gasteiger partial charge in [0.25, 0.3) is 0 Å². The number of hydrogen-bond donors (Lipinski definition) is 0. The Hall–Kier alpha value is -1.02. The summed E-state index contributed by atoms with van der Waals surface area (Å²) in [4.78, 5) is 0. The summed E-state index contributed by atoms with van der Waals surface area (Å²) in [5.74, 6) is 0. The van der Waals surface area contributed by atoms with Gasteiger partial charge in [-0.15, -0.1) is 0 Å². The number of fused-ring (bicyclic) bond motifs is 1. The van der Waals surface area contributed by atoms with Crippen LogP contribution in [0.5, 0.6) is 0 Å². The van der Waals surface area contributed by atoms with Crippen LogP contribution < -0.4 is 0 Å². The minimum absolute atomic E-state index is 0.716. The first-order chi connectivity index (χ1) is 5.81. The minimum Gasteiger partial charge on any atom is -0.239 e. The maximum Gasteiger partial charge on any atom is 0.0694 e. The lowest BCUT2D eigenvalue weighted by Gasteiger charge is -1.94. The van der Waals surface area contributed by atoms with E-state index in [1.165, 1.54) is 5.56 Å². The predicted molar refractivity (Wildman–Crippen MR) is 49.6 cm³/mol. The SMILES string of the molecule is CCc1cnn2cc(Cl)ccc12. The van der Waals surface area contributed by atoms with Crippen LogP contribution in [-0.4, -0.2) is 9.61 Å². The maximum atomic E-state index is 5.81. The molecule has 2 aromatic rings. The zero-order valence-electron chi connectivity index (χ0n) is 6.79. The van der Waals surface area contributed by atoms with Gasteiger partial charge in [0.15, 0.2) is 0 Å². The van der Waals surface area contributed by atoms with Gasteiger partial charge in [-0.05, 0) is 24.1 Å². The van der Waals surface area contributed by atoms with Crippen LogP contribution >= 0.6 is 11.6 Å². The van der Waals surface area contributed by atoms with Gasteiger partial charge in [-0.25, -0.2) is 4.52 Å². The van der Waals surface area contributed by atoms with Crippen LogP contribution in [0, 0.1) is 0 Å². The standard InChI is InChI=1S/C9H9ClN2/c1-2-7-5-11-12-6-8(10)3-4-9(7)12/h3-6H,2H2,1H3. The second kappa shape index (κ2) is 2.79. The lowest BCUT2D eigenvalue weighted by molar-refractivity contribution is 0.961. The fraction of sp³-hybridized carbons (Fsp3) is 0.222. The minimum atomic E-state index is 0.716. The van der Waals surface area contributed by atoms with E-state index in [0.29, 0.717) is 5.02 Å². The average Bonchev–Trinajstić information content (AvgIpc) is 2.46. The molecule has 3 heteroatoms. The highest BCUT2D eigenvalue weighted by molar-refractivity contribution is 6.30. The van der Waals surface area contributed by atoms with Gasteiger partial charge in [0.05, 0.1) is 16.7 Å². The topological polar surface area (TPSA) is 17.3 Å². The molecule has 2 rings (SSSR count). The number of aromatic nitrogens is 2. The van der Waals surface area contributed by atoms with Crippen molar-refractivity contribution >= 4 is 17.1 Å². The van der Waals surface area contributed by atoms with Crippen LogP contribution in [-0.2, 0) is 6.42 Å². The molecule has 12 heavy (non-hydrogen) atoms. The quantitative estimate of drug-likeness (QED) is 0.660. The van der Waals surface area contributed by atoms with Crippen molar-refractivity contribution in [1.29, 1.82) is 0 Å². The first-order valence-corrected chi connectivity index (χ1v) is 4.31. The van der Waals surface area contributed by atoms with E-state index in [4.69, 9.17) is 11.6 Å². The molecule has 0 saturated carbocycles. The summed E-state index contributed by atoms with van der Waals surface area (Å²) >= 11 is 5.81. The summed E-state index contributed by atoms with van der Waals surface area (Å²) in [6.07, 6.45) is 4.70. The Bertz CT molecular complexity index is 406. The molecule has 0 fully saturated rings. The molecule has 2 heterocycles. The molecule has 0 atom stereocenters. The molecule has 2 aromatic heterocycles. The Kier molecular flexibility index (Phi) is 1.77. The molecule has 0 radical (unpaired) electrons. The number of pyridine rings is 1. The molecule has 0 aliphatic heterocycles. The normalized spacial score (nSPS) is 10.8. The third kappa shape index (κ3) is 1.08. The number of aryl methyl sites for hydroxylation is 1. The maximum absolute atomic E-state index is 5.81. The Morgan fingerprint density at radius 3 is 3.08 bits per heavy atom. The van der Waals surface area contributed by atoms with Crippen LogP contribution in [0.15, 0.2) is 24.5 Å². The molecule has 0 aliphatic rings. The second-order valence-electron chi connectivity index (χ2n) is 2.70. The summed E-state index contributed by atoms with van der Waals surface area (Å²) in [5, 5.41) is 4.90. The van der Waals surface area contributed by atoms with Crippen molar-refractivity contribution in [2.24, 2.45) is 0 Å². The number of rotatable bonds is 1. The lowest BCUT2D eigenvalue weighted by Crippen LogP contribution is -1.85. The summed E-state index contributed by atoms with van der Waals surface area (Å²) in [6, 6.07) is 3.88. The Balaban J connectivity index is 2.73. The van der Waals surface area contributed by atoms with Crippen molar-refractivity contribution in [2.45, 2.75) is 13.3 Å². The molecule has 62 valence electrons. The molecule has 0 spiro atoms. The van der Waals surface area contributed by atoms with Crippen molar-refractivity contribution in [3.05, 3.63) is 35.1 Å². The van der Waals surface area contributed by atoms with Crippen molar-refractivity contribution in [3.63, 3.8) is 0 Å². The number of nitrogens with zero attached hydrogens (tertiary/aromatic N) is 2. The van der Waals surface area contributed by atoms with E-state index >= 15 is 0 Å². The van der Waals surface area contributed by atoms with E-state index in [2.05, 4.69) is 12.0 Å². The van der Waals surface area contributed by atoms with Crippen molar-refractivity contribution in [3.8, 4) is 0 Å². The van der Waals surface area contributed by atoms with Gasteiger partial charge >= 0.3 is 0 Å². The molecule has 0 unspecified atom stereocenters. The van der Waals surface area contributed by atoms with Gasteiger partial charge in [-0.3, -0.25) is 0 Å². The van der Waals surface area contributed by atoms with E-state index in [1.54, 1.807) is 4.52 Å². The predicted octanol–water partition coefficient (Wildman–Crippen LogP) is 2.55. The van der Waals surface area contributed by atoms with E-state index in [1.807, 2.05) is 24.5 Å². The van der Waals surface area contributed by atoms with E-state index in [9.17, 15) is 0 Å². The van der Waals surface area contributed by atoms with Crippen LogP contribution in [0.2, 0.25) is 5.02 Å². The molecule has 2 nitrogen and oxygen atoms in total. The fourth-order valence-electron chi connectivity index (χ4n) is 1.28. The first kappa shape index (κ1) is 7.62. The highest BCUT2D eigenvalue weighted by Crippen LogP contribution is 2.14. The van der Waals surface area contributed by atoms with Gasteiger partial charge < -0.3 is 0 Å². The Labute approximate surface area is 75.8 Å². The van der Waals surface area contributed by atoms with Crippen molar-refractivity contribution in [1.82, 2.24) is 9.61 Å². The fourth-order valence-corrected chi connectivity index (χ4v) is 1.44. The molecular formula is C9H9ClN2. The molecule has 0 saturated heterocycles. The van der Waals surface area contributed by atoms with Crippen molar-refractivity contribution in [2.75, 3.05) is 0 Å². The van der Waals surface area contributed by atoms with Gasteiger partial charge in [0.1, 0.15) is 0 Å². The Morgan fingerprint density at radius 2 is 2.33 bits per heavy atom. The molecule has 0 amide bonds. The molecule has 0 bridgehead atoms. The summed E-state index contributed by atoms with van der Waals surface area (Å²) in [7, 11) is 0. The van der Waals surface area contributed by atoms with Crippen LogP contribution in [0.1, 0.15) is 12.5 Å². The van der Waals surface area contributed by atoms with E-state index < -0.39 is 0 Å². The van der Waals surface area contributed by atoms with Crippen LogP contribution in [0.3, 0.4) is 0 Å². The summed E-state index contributed by atoms with van der Waals surface area (Å²) < 4.78 is 1.81. The third-order valence-electron chi connectivity index (χ3n) is 1.94. The van der Waals surface area contributed by atoms with Crippen LogP contribution in [0.4, 0.5) is 0 Å². The molecule has 0 aromatic carbocycles. The highest BCUT2D eigenvalue weighted by Gasteiger charge is 2.00. The van der Waals surface area contributed by atoms with E-state index in [-0.39, 0.29) is 0 Å². The average molecular weight is 181 g/mol. The lowest BCUT2D eigenvalue weighted by atomic mass is 10.2. The van der Waals surface area contributed by atoms with Gasteiger partial charge in [-0.1, -0.05) is 18.5 Å². The number of halogens is 1. The Morgan fingerprint density at radius 1 is 1.50 bits per heavy atom. The first-order valence-electron chi connectivity index (χ1n) is 3.93. The molecule has 0 N–H and O–H groups in total. The van der Waals surface area contributed by atoms with Crippen LogP contribution in [0.25, 0.3) is 5.52 Å². The molecule has 0 aliphatic carbocycles. The largest absolute Gasteiger partial charge is 0.239 e. The zero-order chi connectivity index (χ0) is 8.55. The smallest absolute Gasteiger partial charge is 0.0694 e. The van der Waals surface area contributed by atoms with Gasteiger partial charge in [0, 0.05) is 6.20 Å². The highest BCUT2D eigenvalue weighted by atomic mass is 35.5.